The number of nitrogens with one attached hydrogen (secondary N) is 1. The summed E-state index contributed by atoms with van der Waals surface area (Å²) in [6, 6.07) is 20.6. The number of imidazole rings is 1. The molecule has 1 aromatic carbocycles. The zero-order valence-electron chi connectivity index (χ0n) is 20.6. The average Bonchev–Trinajstić information content (AvgIpc) is 3.71. The standard InChI is InChI=1S/C29H25N9/c30-27-23(5-2-13-32-27)28-35-25-10-11-26(37-15-3-14-34-37)36-29(25)38(28)21-7-8-22-20(16-21)6-9-24(22)33-18-19-4-1-12-31-17-19/h1-5,7-8,10-17,24,33H,6,9,18H2,(H2,30,32). The zero-order valence-corrected chi connectivity index (χ0v) is 20.6. The van der Waals surface area contributed by atoms with Gasteiger partial charge in [-0.25, -0.2) is 19.6 Å². The van der Waals surface area contributed by atoms with Crippen molar-refractivity contribution >= 4 is 17.0 Å². The van der Waals surface area contributed by atoms with E-state index < -0.39 is 0 Å². The number of aryl methyl sites for hydroxylation is 1. The molecule has 9 heteroatoms. The van der Waals surface area contributed by atoms with Crippen LogP contribution in [0.25, 0.3) is 34.1 Å². The molecule has 186 valence electrons. The molecule has 5 aromatic heterocycles. The van der Waals surface area contributed by atoms with E-state index in [-0.39, 0.29) is 0 Å². The minimum Gasteiger partial charge on any atom is -0.383 e. The maximum Gasteiger partial charge on any atom is 0.167 e. The van der Waals surface area contributed by atoms with Gasteiger partial charge in [0.05, 0.1) is 5.56 Å². The van der Waals surface area contributed by atoms with Crippen LogP contribution in [0.3, 0.4) is 0 Å². The van der Waals surface area contributed by atoms with E-state index in [4.69, 9.17) is 15.7 Å². The molecule has 0 saturated heterocycles. The van der Waals surface area contributed by atoms with Gasteiger partial charge in [-0.3, -0.25) is 9.55 Å². The molecule has 0 aliphatic heterocycles. The fourth-order valence-corrected chi connectivity index (χ4v) is 5.21. The minimum absolute atomic E-state index is 0.303. The van der Waals surface area contributed by atoms with Crippen LogP contribution in [0.2, 0.25) is 0 Å². The monoisotopic (exact) mass is 499 g/mol. The Labute approximate surface area is 219 Å². The lowest BCUT2D eigenvalue weighted by Crippen LogP contribution is -2.18. The number of anilines is 1. The number of nitrogens with two attached hydrogens (primary N) is 1. The summed E-state index contributed by atoms with van der Waals surface area (Å²) in [4.78, 5) is 18.4. The fraction of sp³-hybridized carbons (Fsp3) is 0.138. The molecule has 3 N–H and O–H groups in total. The lowest BCUT2D eigenvalue weighted by atomic mass is 10.1. The van der Waals surface area contributed by atoms with Gasteiger partial charge < -0.3 is 11.1 Å². The highest BCUT2D eigenvalue weighted by Gasteiger charge is 2.24. The molecule has 0 radical (unpaired) electrons. The normalized spacial score (nSPS) is 14.7. The second-order valence-electron chi connectivity index (χ2n) is 9.39. The van der Waals surface area contributed by atoms with E-state index in [0.29, 0.717) is 17.7 Å². The Kier molecular flexibility index (Phi) is 5.41. The summed E-state index contributed by atoms with van der Waals surface area (Å²) >= 11 is 0. The van der Waals surface area contributed by atoms with Gasteiger partial charge in [0.2, 0.25) is 0 Å². The lowest BCUT2D eigenvalue weighted by molar-refractivity contribution is 0.529. The predicted molar refractivity (Wildman–Crippen MR) is 146 cm³/mol. The largest absolute Gasteiger partial charge is 0.383 e. The smallest absolute Gasteiger partial charge is 0.167 e. The maximum absolute atomic E-state index is 6.31. The molecule has 38 heavy (non-hydrogen) atoms. The highest BCUT2D eigenvalue weighted by molar-refractivity contribution is 5.83. The Morgan fingerprint density at radius 3 is 2.76 bits per heavy atom. The van der Waals surface area contributed by atoms with Gasteiger partial charge in [-0.15, -0.1) is 0 Å². The second-order valence-corrected chi connectivity index (χ2v) is 9.39. The molecule has 0 saturated carbocycles. The van der Waals surface area contributed by atoms with Gasteiger partial charge in [0.15, 0.2) is 17.3 Å². The van der Waals surface area contributed by atoms with Crippen molar-refractivity contribution < 1.29 is 0 Å². The van der Waals surface area contributed by atoms with Crippen LogP contribution in [0.15, 0.2) is 91.6 Å². The van der Waals surface area contributed by atoms with Crippen molar-refractivity contribution in [2.24, 2.45) is 0 Å². The molecule has 0 amide bonds. The van der Waals surface area contributed by atoms with Crippen molar-refractivity contribution in [1.82, 2.24) is 39.6 Å². The second kappa shape index (κ2) is 9.20. The Morgan fingerprint density at radius 1 is 0.974 bits per heavy atom. The maximum atomic E-state index is 6.31. The summed E-state index contributed by atoms with van der Waals surface area (Å²) in [6.45, 7) is 0.788. The molecule has 1 unspecified atom stereocenters. The molecule has 0 fully saturated rings. The molecule has 1 aliphatic rings. The average molecular weight is 500 g/mol. The molecule has 0 bridgehead atoms. The topological polar surface area (TPSA) is 112 Å². The van der Waals surface area contributed by atoms with E-state index in [1.807, 2.05) is 48.8 Å². The summed E-state index contributed by atoms with van der Waals surface area (Å²) in [5.41, 5.74) is 13.4. The van der Waals surface area contributed by atoms with Crippen LogP contribution in [0.4, 0.5) is 5.82 Å². The number of hydrogen-bond acceptors (Lipinski definition) is 7. The minimum atomic E-state index is 0.303. The Hall–Kier alpha value is -4.89. The predicted octanol–water partition coefficient (Wildman–Crippen LogP) is 4.42. The number of hydrogen-bond donors (Lipinski definition) is 2. The summed E-state index contributed by atoms with van der Waals surface area (Å²) in [7, 11) is 0. The molecule has 1 atom stereocenters. The van der Waals surface area contributed by atoms with Crippen molar-refractivity contribution in [1.29, 1.82) is 0 Å². The first-order valence-corrected chi connectivity index (χ1v) is 12.6. The molecule has 6 aromatic rings. The third-order valence-corrected chi connectivity index (χ3v) is 7.05. The first-order valence-electron chi connectivity index (χ1n) is 12.6. The Balaban J connectivity index is 1.32. The van der Waals surface area contributed by atoms with Crippen molar-refractivity contribution in [2.45, 2.75) is 25.4 Å². The first kappa shape index (κ1) is 22.3. The number of aromatic nitrogens is 7. The van der Waals surface area contributed by atoms with Crippen molar-refractivity contribution in [3.8, 4) is 22.9 Å². The van der Waals surface area contributed by atoms with Crippen LogP contribution < -0.4 is 11.1 Å². The van der Waals surface area contributed by atoms with Gasteiger partial charge in [-0.1, -0.05) is 12.1 Å². The van der Waals surface area contributed by atoms with Crippen LogP contribution in [-0.2, 0) is 13.0 Å². The van der Waals surface area contributed by atoms with Crippen molar-refractivity contribution in [2.75, 3.05) is 5.73 Å². The number of nitrogens with zero attached hydrogens (tertiary/aromatic N) is 7. The quantitative estimate of drug-likeness (QED) is 0.349. The van der Waals surface area contributed by atoms with Crippen LogP contribution in [0, 0.1) is 0 Å². The van der Waals surface area contributed by atoms with E-state index in [9.17, 15) is 0 Å². The van der Waals surface area contributed by atoms with Crippen LogP contribution in [-0.4, -0.2) is 34.3 Å². The van der Waals surface area contributed by atoms with E-state index in [1.54, 1.807) is 23.3 Å². The number of pyridine rings is 3. The molecule has 1 aliphatic carbocycles. The molecule has 7 rings (SSSR count). The summed E-state index contributed by atoms with van der Waals surface area (Å²) in [5.74, 6) is 1.85. The molecule has 9 nitrogen and oxygen atoms in total. The van der Waals surface area contributed by atoms with Crippen LogP contribution in [0.5, 0.6) is 0 Å². The van der Waals surface area contributed by atoms with Crippen LogP contribution in [0.1, 0.15) is 29.2 Å². The summed E-state index contributed by atoms with van der Waals surface area (Å²) in [5, 5.41) is 8.05. The van der Waals surface area contributed by atoms with Crippen molar-refractivity contribution in [3.63, 3.8) is 0 Å². The van der Waals surface area contributed by atoms with Gasteiger partial charge in [-0.2, -0.15) is 5.10 Å². The number of benzene rings is 1. The van der Waals surface area contributed by atoms with E-state index in [1.165, 1.54) is 16.7 Å². The molecule has 0 spiro atoms. The highest BCUT2D eigenvalue weighted by Crippen LogP contribution is 2.36. The van der Waals surface area contributed by atoms with E-state index in [2.05, 4.69) is 49.2 Å². The van der Waals surface area contributed by atoms with Crippen molar-refractivity contribution in [3.05, 3.63) is 108 Å². The summed E-state index contributed by atoms with van der Waals surface area (Å²) in [6.07, 6.45) is 11.1. The lowest BCUT2D eigenvalue weighted by Gasteiger charge is -2.16. The highest BCUT2D eigenvalue weighted by atomic mass is 15.3. The Bertz CT molecular complexity index is 1740. The number of nitrogen functional groups attached to an aromatic ring is 1. The third-order valence-electron chi connectivity index (χ3n) is 7.05. The van der Waals surface area contributed by atoms with E-state index >= 15 is 0 Å². The molecular formula is C29H25N9. The van der Waals surface area contributed by atoms with E-state index in [0.717, 1.165) is 47.6 Å². The van der Waals surface area contributed by atoms with Gasteiger partial charge in [0.25, 0.3) is 0 Å². The Morgan fingerprint density at radius 2 is 1.92 bits per heavy atom. The van der Waals surface area contributed by atoms with Gasteiger partial charge in [-0.05, 0) is 78.1 Å². The SMILES string of the molecule is Nc1ncccc1-c1nc2ccc(-n3cccn3)nc2n1-c1ccc2c(c1)CCC2NCc1cccnc1. The van der Waals surface area contributed by atoms with Gasteiger partial charge >= 0.3 is 0 Å². The molecular weight excluding hydrogens is 474 g/mol. The zero-order chi connectivity index (χ0) is 25.5. The van der Waals surface area contributed by atoms with Gasteiger partial charge in [0, 0.05) is 49.3 Å². The molecule has 5 heterocycles. The number of fused-ring (bicyclic) bond motifs is 2. The third kappa shape index (κ3) is 3.89. The number of rotatable bonds is 6. The van der Waals surface area contributed by atoms with Crippen LogP contribution >= 0.6 is 0 Å². The summed E-state index contributed by atoms with van der Waals surface area (Å²) < 4.78 is 3.82. The van der Waals surface area contributed by atoms with Gasteiger partial charge in [0.1, 0.15) is 11.3 Å². The first-order chi connectivity index (χ1) is 18.7. The fourth-order valence-electron chi connectivity index (χ4n) is 5.21.